The van der Waals surface area contributed by atoms with Gasteiger partial charge in [-0.25, -0.2) is 9.18 Å². The molecule has 29 heavy (non-hydrogen) atoms. The molecule has 4 heteroatoms. The second-order valence-corrected chi connectivity index (χ2v) is 8.00. The summed E-state index contributed by atoms with van der Waals surface area (Å²) in [6, 6.07) is 15.4. The highest BCUT2D eigenvalue weighted by atomic mass is 19.1. The van der Waals surface area contributed by atoms with Crippen molar-refractivity contribution in [3.05, 3.63) is 71.0 Å². The quantitative estimate of drug-likeness (QED) is 0.397. The van der Waals surface area contributed by atoms with Crippen molar-refractivity contribution in [3.63, 3.8) is 0 Å². The van der Waals surface area contributed by atoms with Crippen LogP contribution in [0.25, 0.3) is 0 Å². The molecule has 0 aromatic heterocycles. The van der Waals surface area contributed by atoms with Gasteiger partial charge in [-0.1, -0.05) is 56.9 Å². The van der Waals surface area contributed by atoms with Crippen LogP contribution in [0.3, 0.4) is 0 Å². The van der Waals surface area contributed by atoms with E-state index < -0.39 is 11.4 Å². The van der Waals surface area contributed by atoms with Gasteiger partial charge in [0.25, 0.3) is 0 Å². The first-order valence-corrected chi connectivity index (χ1v) is 10.6. The molecule has 1 fully saturated rings. The lowest BCUT2D eigenvalue weighted by Crippen LogP contribution is -2.37. The molecule has 0 amide bonds. The minimum Gasteiger partial charge on any atom is -0.451 e. The smallest absolute Gasteiger partial charge is 0.339 e. The maximum Gasteiger partial charge on any atom is 0.339 e. The lowest BCUT2D eigenvalue weighted by Gasteiger charge is -2.40. The number of rotatable bonds is 7. The van der Waals surface area contributed by atoms with Crippen LogP contribution in [0.1, 0.15) is 79.8 Å². The molecule has 0 atom stereocenters. The SMILES string of the molecule is CCCCCC1CCC(OC(=O)c2ccccc2)(c2ccc(C#N)c(F)c2)CC1. The average molecular weight is 394 g/mol. The van der Waals surface area contributed by atoms with Gasteiger partial charge in [-0.3, -0.25) is 0 Å². The first-order chi connectivity index (χ1) is 14.1. The molecule has 2 aromatic rings. The van der Waals surface area contributed by atoms with E-state index in [0.717, 1.165) is 12.8 Å². The molecule has 0 spiro atoms. The lowest BCUT2D eigenvalue weighted by atomic mass is 9.73. The van der Waals surface area contributed by atoms with E-state index in [1.54, 1.807) is 30.3 Å². The molecular formula is C25H28FNO2. The monoisotopic (exact) mass is 393 g/mol. The zero-order chi connectivity index (χ0) is 20.7. The third-order valence-electron chi connectivity index (χ3n) is 6.04. The van der Waals surface area contributed by atoms with E-state index in [-0.39, 0.29) is 11.5 Å². The molecule has 0 aliphatic heterocycles. The molecule has 0 heterocycles. The summed E-state index contributed by atoms with van der Waals surface area (Å²) < 4.78 is 20.4. The lowest BCUT2D eigenvalue weighted by molar-refractivity contribution is -0.0500. The summed E-state index contributed by atoms with van der Waals surface area (Å²) in [5, 5.41) is 9.04. The van der Waals surface area contributed by atoms with E-state index in [9.17, 15) is 9.18 Å². The number of carbonyl (C=O) groups is 1. The van der Waals surface area contributed by atoms with E-state index >= 15 is 0 Å². The van der Waals surface area contributed by atoms with Gasteiger partial charge in [0.1, 0.15) is 17.5 Å². The Hall–Kier alpha value is -2.67. The fraction of sp³-hybridized carbons (Fsp3) is 0.440. The van der Waals surface area contributed by atoms with Crippen molar-refractivity contribution in [3.8, 4) is 6.07 Å². The van der Waals surface area contributed by atoms with Crippen LogP contribution in [0.4, 0.5) is 4.39 Å². The highest BCUT2D eigenvalue weighted by Gasteiger charge is 2.41. The summed E-state index contributed by atoms with van der Waals surface area (Å²) in [6.45, 7) is 2.20. The fourth-order valence-electron chi connectivity index (χ4n) is 4.27. The standard InChI is InChI=1S/C25H28FNO2/c1-2-3-5-8-19-13-15-25(16-14-19,22-12-11-21(18-27)23(26)17-22)29-24(28)20-9-6-4-7-10-20/h4,6-7,9-12,17,19H,2-3,5,8,13-16H2,1H3. The van der Waals surface area contributed by atoms with Gasteiger partial charge in [0.15, 0.2) is 0 Å². The van der Waals surface area contributed by atoms with Crippen LogP contribution in [0, 0.1) is 23.1 Å². The van der Waals surface area contributed by atoms with Crippen molar-refractivity contribution in [1.29, 1.82) is 5.26 Å². The molecule has 1 saturated carbocycles. The van der Waals surface area contributed by atoms with Gasteiger partial charge >= 0.3 is 5.97 Å². The fourth-order valence-corrected chi connectivity index (χ4v) is 4.27. The van der Waals surface area contributed by atoms with Crippen molar-refractivity contribution in [1.82, 2.24) is 0 Å². The van der Waals surface area contributed by atoms with Gasteiger partial charge in [0.05, 0.1) is 11.1 Å². The third-order valence-corrected chi connectivity index (χ3v) is 6.04. The van der Waals surface area contributed by atoms with Crippen LogP contribution < -0.4 is 0 Å². The molecule has 1 aliphatic rings. The number of nitriles is 1. The first-order valence-electron chi connectivity index (χ1n) is 10.6. The van der Waals surface area contributed by atoms with Crippen LogP contribution in [0.15, 0.2) is 48.5 Å². The van der Waals surface area contributed by atoms with Gasteiger partial charge in [-0.15, -0.1) is 0 Å². The highest BCUT2D eigenvalue weighted by molar-refractivity contribution is 5.89. The topological polar surface area (TPSA) is 50.1 Å². The van der Waals surface area contributed by atoms with Crippen LogP contribution in [0.2, 0.25) is 0 Å². The molecule has 0 unspecified atom stereocenters. The van der Waals surface area contributed by atoms with Crippen molar-refractivity contribution < 1.29 is 13.9 Å². The minimum absolute atomic E-state index is 0.00605. The summed E-state index contributed by atoms with van der Waals surface area (Å²) in [5.74, 6) is -0.335. The normalized spacial score (nSPS) is 21.3. The molecule has 3 nitrogen and oxygen atoms in total. The Morgan fingerprint density at radius 2 is 1.90 bits per heavy atom. The second-order valence-electron chi connectivity index (χ2n) is 8.00. The molecule has 0 N–H and O–H groups in total. The molecule has 0 radical (unpaired) electrons. The molecule has 0 saturated heterocycles. The number of hydrogen-bond acceptors (Lipinski definition) is 3. The van der Waals surface area contributed by atoms with Crippen molar-refractivity contribution in [2.24, 2.45) is 5.92 Å². The van der Waals surface area contributed by atoms with Crippen LogP contribution in [0.5, 0.6) is 0 Å². The van der Waals surface area contributed by atoms with Crippen molar-refractivity contribution in [2.75, 3.05) is 0 Å². The molecular weight excluding hydrogens is 365 g/mol. The van der Waals surface area contributed by atoms with E-state index in [4.69, 9.17) is 10.00 Å². The molecule has 152 valence electrons. The van der Waals surface area contributed by atoms with Crippen molar-refractivity contribution in [2.45, 2.75) is 63.9 Å². The zero-order valence-corrected chi connectivity index (χ0v) is 17.0. The Labute approximate surface area is 172 Å². The Kier molecular flexibility index (Phi) is 7.04. The van der Waals surface area contributed by atoms with E-state index in [2.05, 4.69) is 6.92 Å². The summed E-state index contributed by atoms with van der Waals surface area (Å²) in [5.41, 5.74) is 0.297. The Balaban J connectivity index is 1.83. The number of hydrogen-bond donors (Lipinski definition) is 0. The largest absolute Gasteiger partial charge is 0.451 e. The van der Waals surface area contributed by atoms with Crippen LogP contribution in [-0.4, -0.2) is 5.97 Å². The van der Waals surface area contributed by atoms with E-state index in [1.807, 2.05) is 12.1 Å². The number of carbonyl (C=O) groups excluding carboxylic acids is 1. The van der Waals surface area contributed by atoms with Crippen molar-refractivity contribution >= 4 is 5.97 Å². The number of ether oxygens (including phenoxy) is 1. The number of unbranched alkanes of at least 4 members (excludes halogenated alkanes) is 2. The third kappa shape index (κ3) is 5.03. The van der Waals surface area contributed by atoms with Gasteiger partial charge in [-0.2, -0.15) is 5.26 Å². The zero-order valence-electron chi connectivity index (χ0n) is 17.0. The Bertz CT molecular complexity index is 864. The van der Waals surface area contributed by atoms with Crippen LogP contribution in [-0.2, 0) is 10.3 Å². The predicted octanol–water partition coefficient (Wildman–Crippen LogP) is 6.52. The van der Waals surface area contributed by atoms with Gasteiger partial charge in [0, 0.05) is 0 Å². The van der Waals surface area contributed by atoms with E-state index in [0.29, 0.717) is 29.9 Å². The summed E-state index contributed by atoms with van der Waals surface area (Å²) in [4.78, 5) is 12.8. The number of benzene rings is 2. The highest BCUT2D eigenvalue weighted by Crippen LogP contribution is 2.44. The number of nitrogens with zero attached hydrogens (tertiary/aromatic N) is 1. The van der Waals surface area contributed by atoms with Gasteiger partial charge in [0.2, 0.25) is 0 Å². The summed E-state index contributed by atoms with van der Waals surface area (Å²) >= 11 is 0. The second kappa shape index (κ2) is 9.69. The molecule has 2 aromatic carbocycles. The molecule has 0 bridgehead atoms. The predicted molar refractivity (Wildman–Crippen MR) is 111 cm³/mol. The summed E-state index contributed by atoms with van der Waals surface area (Å²) in [7, 11) is 0. The van der Waals surface area contributed by atoms with Crippen LogP contribution >= 0.6 is 0 Å². The van der Waals surface area contributed by atoms with Gasteiger partial charge in [-0.05, 0) is 61.4 Å². The first kappa shape index (κ1) is 21.0. The summed E-state index contributed by atoms with van der Waals surface area (Å²) in [6.07, 6.45) is 8.12. The Morgan fingerprint density at radius 1 is 1.17 bits per heavy atom. The Morgan fingerprint density at radius 3 is 2.52 bits per heavy atom. The maximum atomic E-state index is 14.4. The number of halogens is 1. The molecule has 3 rings (SSSR count). The average Bonchev–Trinajstić information content (AvgIpc) is 2.75. The van der Waals surface area contributed by atoms with E-state index in [1.165, 1.54) is 37.8 Å². The molecule has 1 aliphatic carbocycles. The van der Waals surface area contributed by atoms with Gasteiger partial charge < -0.3 is 4.74 Å². The minimum atomic E-state index is -0.844. The number of esters is 1. The maximum absolute atomic E-state index is 14.4.